The van der Waals surface area contributed by atoms with Crippen molar-refractivity contribution in [2.75, 3.05) is 25.5 Å². The molecule has 1 atom stereocenters. The van der Waals surface area contributed by atoms with E-state index in [9.17, 15) is 0 Å². The first kappa shape index (κ1) is 14.7. The number of nitrogens with one attached hydrogen (secondary N) is 1. The topological polar surface area (TPSA) is 63.2 Å². The number of rotatable bonds is 5. The number of pyridine rings is 1. The summed E-state index contributed by atoms with van der Waals surface area (Å²) >= 11 is 0. The minimum atomic E-state index is 0.359. The summed E-state index contributed by atoms with van der Waals surface area (Å²) in [4.78, 5) is 15.2. The molecule has 1 saturated heterocycles. The zero-order valence-electron chi connectivity index (χ0n) is 12.8. The molecule has 0 radical (unpaired) electrons. The predicted octanol–water partition coefficient (Wildman–Crippen LogP) is 1.96. The lowest BCUT2D eigenvalue weighted by molar-refractivity contribution is 0.208. The maximum absolute atomic E-state index is 5.14. The van der Waals surface area contributed by atoms with Crippen molar-refractivity contribution in [1.82, 2.24) is 19.9 Å². The van der Waals surface area contributed by atoms with E-state index in [1.54, 1.807) is 19.4 Å². The Kier molecular flexibility index (Phi) is 4.80. The van der Waals surface area contributed by atoms with Crippen LogP contribution in [0.3, 0.4) is 0 Å². The fourth-order valence-electron chi connectivity index (χ4n) is 2.77. The molecule has 2 aromatic heterocycles. The number of hydrogen-bond donors (Lipinski definition) is 1. The maximum atomic E-state index is 5.14. The molecule has 6 heteroatoms. The summed E-state index contributed by atoms with van der Waals surface area (Å²) in [6, 6.07) is 6.22. The highest BCUT2D eigenvalue weighted by Gasteiger charge is 2.20. The minimum Gasteiger partial charge on any atom is -0.481 e. The smallest absolute Gasteiger partial charge is 0.226 e. The Labute approximate surface area is 130 Å². The molecule has 1 aliphatic heterocycles. The molecular formula is C16H21N5O. The fourth-order valence-corrected chi connectivity index (χ4v) is 2.77. The van der Waals surface area contributed by atoms with E-state index in [2.05, 4.69) is 31.2 Å². The molecule has 1 N–H and O–H groups in total. The van der Waals surface area contributed by atoms with Gasteiger partial charge in [0, 0.05) is 43.8 Å². The van der Waals surface area contributed by atoms with Crippen LogP contribution < -0.4 is 10.1 Å². The van der Waals surface area contributed by atoms with Crippen molar-refractivity contribution in [3.8, 4) is 5.88 Å². The lowest BCUT2D eigenvalue weighted by atomic mass is 10.1. The van der Waals surface area contributed by atoms with Gasteiger partial charge >= 0.3 is 0 Å². The highest BCUT2D eigenvalue weighted by atomic mass is 16.5. The average Bonchev–Trinajstić information content (AvgIpc) is 2.56. The van der Waals surface area contributed by atoms with Crippen molar-refractivity contribution in [3.05, 3.63) is 42.4 Å². The average molecular weight is 299 g/mol. The van der Waals surface area contributed by atoms with E-state index in [1.165, 1.54) is 12.0 Å². The molecule has 6 nitrogen and oxygen atoms in total. The maximum Gasteiger partial charge on any atom is 0.226 e. The third kappa shape index (κ3) is 3.92. The highest BCUT2D eigenvalue weighted by molar-refractivity contribution is 5.29. The molecule has 116 valence electrons. The van der Waals surface area contributed by atoms with Gasteiger partial charge in [-0.05, 0) is 31.0 Å². The summed E-state index contributed by atoms with van der Waals surface area (Å²) in [5.41, 5.74) is 1.25. The summed E-state index contributed by atoms with van der Waals surface area (Å²) in [6.45, 7) is 3.03. The number of hydrogen-bond acceptors (Lipinski definition) is 6. The van der Waals surface area contributed by atoms with Crippen LogP contribution in [0.1, 0.15) is 18.4 Å². The van der Waals surface area contributed by atoms with Crippen molar-refractivity contribution < 1.29 is 4.74 Å². The van der Waals surface area contributed by atoms with Gasteiger partial charge in [-0.2, -0.15) is 4.98 Å². The minimum absolute atomic E-state index is 0.359. The monoisotopic (exact) mass is 299 g/mol. The Bertz CT molecular complexity index is 592. The third-order valence-electron chi connectivity index (χ3n) is 3.81. The van der Waals surface area contributed by atoms with Gasteiger partial charge in [0.2, 0.25) is 11.8 Å². The van der Waals surface area contributed by atoms with E-state index in [4.69, 9.17) is 4.74 Å². The van der Waals surface area contributed by atoms with E-state index < -0.39 is 0 Å². The summed E-state index contributed by atoms with van der Waals surface area (Å²) in [6.07, 6.45) is 7.75. The van der Waals surface area contributed by atoms with Crippen molar-refractivity contribution in [2.45, 2.75) is 25.4 Å². The van der Waals surface area contributed by atoms with Crippen molar-refractivity contribution in [3.63, 3.8) is 0 Å². The summed E-state index contributed by atoms with van der Waals surface area (Å²) in [5, 5.41) is 3.41. The first-order chi connectivity index (χ1) is 10.8. The Morgan fingerprint density at radius 3 is 3.14 bits per heavy atom. The Morgan fingerprint density at radius 1 is 1.36 bits per heavy atom. The van der Waals surface area contributed by atoms with Gasteiger partial charge in [0.15, 0.2) is 0 Å². The van der Waals surface area contributed by atoms with Gasteiger partial charge in [-0.25, -0.2) is 4.98 Å². The van der Waals surface area contributed by atoms with Crippen LogP contribution in [0.2, 0.25) is 0 Å². The first-order valence-corrected chi connectivity index (χ1v) is 7.58. The number of aromatic nitrogens is 3. The van der Waals surface area contributed by atoms with Crippen molar-refractivity contribution >= 4 is 5.95 Å². The molecule has 0 aliphatic carbocycles. The first-order valence-electron chi connectivity index (χ1n) is 7.58. The van der Waals surface area contributed by atoms with Crippen LogP contribution >= 0.6 is 0 Å². The number of ether oxygens (including phenoxy) is 1. The van der Waals surface area contributed by atoms with Gasteiger partial charge in [0.25, 0.3) is 0 Å². The van der Waals surface area contributed by atoms with Gasteiger partial charge in [-0.15, -0.1) is 0 Å². The Hall–Kier alpha value is -2.21. The molecule has 3 heterocycles. The molecule has 1 unspecified atom stereocenters. The van der Waals surface area contributed by atoms with Crippen molar-refractivity contribution in [2.24, 2.45) is 0 Å². The Morgan fingerprint density at radius 2 is 2.32 bits per heavy atom. The molecule has 2 aromatic rings. The molecule has 3 rings (SSSR count). The lowest BCUT2D eigenvalue weighted by Crippen LogP contribution is -2.41. The number of likely N-dealkylation sites (tertiary alicyclic amines) is 1. The molecular weight excluding hydrogens is 278 g/mol. The molecule has 0 bridgehead atoms. The number of methoxy groups -OCH3 is 1. The highest BCUT2D eigenvalue weighted by Crippen LogP contribution is 2.17. The van der Waals surface area contributed by atoms with Crippen LogP contribution in [-0.2, 0) is 6.54 Å². The van der Waals surface area contributed by atoms with Crippen LogP contribution in [0.4, 0.5) is 5.95 Å². The Balaban J connectivity index is 1.58. The largest absolute Gasteiger partial charge is 0.481 e. The number of nitrogens with zero attached hydrogens (tertiary/aromatic N) is 4. The normalized spacial score (nSPS) is 18.9. The third-order valence-corrected chi connectivity index (χ3v) is 3.81. The standard InChI is InChI=1S/C16H21N5O/c1-22-15-6-8-18-16(20-15)19-14-5-3-9-21(12-14)11-13-4-2-7-17-10-13/h2,4,6-8,10,14H,3,5,9,11-12H2,1H3,(H,18,19,20). The van der Waals surface area contributed by atoms with Gasteiger partial charge in [0.05, 0.1) is 7.11 Å². The predicted molar refractivity (Wildman–Crippen MR) is 84.7 cm³/mol. The molecule has 0 aromatic carbocycles. The van der Waals surface area contributed by atoms with Crippen LogP contribution in [0.25, 0.3) is 0 Å². The summed E-state index contributed by atoms with van der Waals surface area (Å²) < 4.78 is 5.14. The van der Waals surface area contributed by atoms with E-state index in [0.29, 0.717) is 17.9 Å². The molecule has 1 aliphatic rings. The molecule has 1 fully saturated rings. The van der Waals surface area contributed by atoms with E-state index in [0.717, 1.165) is 26.1 Å². The zero-order chi connectivity index (χ0) is 15.2. The SMILES string of the molecule is COc1ccnc(NC2CCCN(Cc3cccnc3)C2)n1. The lowest BCUT2D eigenvalue weighted by Gasteiger charge is -2.33. The fraction of sp³-hybridized carbons (Fsp3) is 0.438. The second-order valence-corrected chi connectivity index (χ2v) is 5.50. The molecule has 0 amide bonds. The van der Waals surface area contributed by atoms with Gasteiger partial charge in [0.1, 0.15) is 0 Å². The van der Waals surface area contributed by atoms with E-state index >= 15 is 0 Å². The number of piperidine rings is 1. The van der Waals surface area contributed by atoms with Crippen LogP contribution in [0.5, 0.6) is 5.88 Å². The summed E-state index contributed by atoms with van der Waals surface area (Å²) in [5.74, 6) is 1.22. The van der Waals surface area contributed by atoms with E-state index in [1.807, 2.05) is 18.5 Å². The van der Waals surface area contributed by atoms with Crippen LogP contribution in [0, 0.1) is 0 Å². The molecule has 0 spiro atoms. The van der Waals surface area contributed by atoms with Gasteiger partial charge in [-0.3, -0.25) is 9.88 Å². The van der Waals surface area contributed by atoms with Crippen LogP contribution in [0.15, 0.2) is 36.8 Å². The van der Waals surface area contributed by atoms with Crippen LogP contribution in [-0.4, -0.2) is 46.1 Å². The van der Waals surface area contributed by atoms with Crippen molar-refractivity contribution in [1.29, 1.82) is 0 Å². The quantitative estimate of drug-likeness (QED) is 0.910. The van der Waals surface area contributed by atoms with E-state index in [-0.39, 0.29) is 0 Å². The van der Waals surface area contributed by atoms with Gasteiger partial charge < -0.3 is 10.1 Å². The molecule has 22 heavy (non-hydrogen) atoms. The second kappa shape index (κ2) is 7.17. The summed E-state index contributed by atoms with van der Waals surface area (Å²) in [7, 11) is 1.61. The zero-order valence-corrected chi connectivity index (χ0v) is 12.8. The second-order valence-electron chi connectivity index (χ2n) is 5.50. The van der Waals surface area contributed by atoms with Gasteiger partial charge in [-0.1, -0.05) is 6.07 Å². The molecule has 0 saturated carbocycles. The number of anilines is 1.